The molecule has 2 aliphatic heterocycles. The molecule has 2 heterocycles. The quantitative estimate of drug-likeness (QED) is 0.808. The number of hydrogen-bond donors (Lipinski definition) is 1. The van der Waals surface area contributed by atoms with Crippen molar-refractivity contribution in [3.63, 3.8) is 0 Å². The van der Waals surface area contributed by atoms with E-state index in [0.717, 1.165) is 6.54 Å². The molecule has 1 aromatic carbocycles. The number of hydrogen-bond acceptors (Lipinski definition) is 2. The number of aryl methyl sites for hydroxylation is 1. The van der Waals surface area contributed by atoms with E-state index in [4.69, 9.17) is 0 Å². The average Bonchev–Trinajstić information content (AvgIpc) is 2.38. The Morgan fingerprint density at radius 3 is 2.50 bits per heavy atom. The summed E-state index contributed by atoms with van der Waals surface area (Å²) in [7, 11) is 0. The zero-order valence-electron chi connectivity index (χ0n) is 11.3. The van der Waals surface area contributed by atoms with E-state index in [1.54, 1.807) is 0 Å². The number of rotatable bonds is 1. The summed E-state index contributed by atoms with van der Waals surface area (Å²) in [6.45, 7) is 3.61. The van der Waals surface area contributed by atoms with Crippen molar-refractivity contribution in [1.82, 2.24) is 0 Å². The maximum atomic E-state index is 3.62. The van der Waals surface area contributed by atoms with E-state index in [-0.39, 0.29) is 0 Å². The molecule has 18 heavy (non-hydrogen) atoms. The Morgan fingerprint density at radius 1 is 0.889 bits per heavy atom. The molecule has 0 radical (unpaired) electrons. The van der Waals surface area contributed by atoms with Crippen LogP contribution >= 0.6 is 0 Å². The van der Waals surface area contributed by atoms with Crippen LogP contribution in [-0.4, -0.2) is 19.6 Å². The molecule has 3 rings (SSSR count). The van der Waals surface area contributed by atoms with Gasteiger partial charge in [0, 0.05) is 19.6 Å². The first-order valence-corrected chi connectivity index (χ1v) is 7.56. The lowest BCUT2D eigenvalue weighted by molar-refractivity contribution is 0.556. The molecule has 1 N–H and O–H groups in total. The SMILES string of the molecule is c1cc2c(c(N3CCCCCCC3)c1)NCCC2. The van der Waals surface area contributed by atoms with Crippen LogP contribution in [0.4, 0.5) is 11.4 Å². The van der Waals surface area contributed by atoms with Crippen LogP contribution in [0.2, 0.25) is 0 Å². The van der Waals surface area contributed by atoms with Gasteiger partial charge in [0.2, 0.25) is 0 Å². The molecule has 0 aliphatic carbocycles. The molecule has 1 aromatic rings. The highest BCUT2D eigenvalue weighted by Gasteiger charge is 2.17. The van der Waals surface area contributed by atoms with Crippen LogP contribution in [0.5, 0.6) is 0 Å². The van der Waals surface area contributed by atoms with Crippen molar-refractivity contribution < 1.29 is 0 Å². The summed E-state index contributed by atoms with van der Waals surface area (Å²) < 4.78 is 0. The van der Waals surface area contributed by atoms with Crippen molar-refractivity contribution in [2.45, 2.75) is 44.9 Å². The predicted octanol–water partition coefficient (Wildman–Crippen LogP) is 3.82. The Hall–Kier alpha value is -1.18. The van der Waals surface area contributed by atoms with E-state index in [1.807, 2.05) is 0 Å². The number of benzene rings is 1. The molecule has 0 unspecified atom stereocenters. The molecule has 2 aliphatic rings. The van der Waals surface area contributed by atoms with Crippen molar-refractivity contribution in [3.8, 4) is 0 Å². The molecule has 1 saturated heterocycles. The largest absolute Gasteiger partial charge is 0.383 e. The topological polar surface area (TPSA) is 15.3 Å². The zero-order chi connectivity index (χ0) is 12.2. The first-order chi connectivity index (χ1) is 8.95. The summed E-state index contributed by atoms with van der Waals surface area (Å²) in [5.74, 6) is 0. The lowest BCUT2D eigenvalue weighted by Gasteiger charge is -2.31. The second-order valence-electron chi connectivity index (χ2n) is 5.60. The van der Waals surface area contributed by atoms with Gasteiger partial charge in [-0.2, -0.15) is 0 Å². The molecule has 0 bridgehead atoms. The van der Waals surface area contributed by atoms with E-state index < -0.39 is 0 Å². The first-order valence-electron chi connectivity index (χ1n) is 7.56. The Bertz CT molecular complexity index is 392. The van der Waals surface area contributed by atoms with Gasteiger partial charge >= 0.3 is 0 Å². The Balaban J connectivity index is 1.85. The van der Waals surface area contributed by atoms with Gasteiger partial charge in [-0.3, -0.25) is 0 Å². The molecular formula is C16H24N2. The highest BCUT2D eigenvalue weighted by molar-refractivity contribution is 5.74. The molecule has 0 amide bonds. The molecule has 2 heteroatoms. The fourth-order valence-corrected chi connectivity index (χ4v) is 3.24. The molecule has 0 spiro atoms. The second kappa shape index (κ2) is 5.64. The van der Waals surface area contributed by atoms with Crippen molar-refractivity contribution in [2.75, 3.05) is 29.9 Å². The molecule has 2 nitrogen and oxygen atoms in total. The lowest BCUT2D eigenvalue weighted by atomic mass is 10.0. The smallest absolute Gasteiger partial charge is 0.0610 e. The Kier molecular flexibility index (Phi) is 3.72. The van der Waals surface area contributed by atoms with Crippen molar-refractivity contribution in [1.29, 1.82) is 0 Å². The van der Waals surface area contributed by atoms with E-state index in [9.17, 15) is 0 Å². The highest BCUT2D eigenvalue weighted by Crippen LogP contribution is 2.33. The maximum Gasteiger partial charge on any atom is 0.0610 e. The normalized spacial score (nSPS) is 20.6. The second-order valence-corrected chi connectivity index (χ2v) is 5.60. The fraction of sp³-hybridized carbons (Fsp3) is 0.625. The van der Waals surface area contributed by atoms with Crippen LogP contribution in [0.25, 0.3) is 0 Å². The third-order valence-corrected chi connectivity index (χ3v) is 4.25. The molecule has 0 atom stereocenters. The summed E-state index contributed by atoms with van der Waals surface area (Å²) in [6, 6.07) is 6.83. The summed E-state index contributed by atoms with van der Waals surface area (Å²) in [4.78, 5) is 2.61. The van der Waals surface area contributed by atoms with Crippen LogP contribution in [-0.2, 0) is 6.42 Å². The molecular weight excluding hydrogens is 220 g/mol. The summed E-state index contributed by atoms with van der Waals surface area (Å²) in [5.41, 5.74) is 4.39. The number of para-hydroxylation sites is 1. The number of fused-ring (bicyclic) bond motifs is 1. The van der Waals surface area contributed by atoms with Gasteiger partial charge in [-0.15, -0.1) is 0 Å². The van der Waals surface area contributed by atoms with Crippen LogP contribution in [0.1, 0.15) is 44.1 Å². The van der Waals surface area contributed by atoms with Gasteiger partial charge in [0.25, 0.3) is 0 Å². The minimum Gasteiger partial charge on any atom is -0.383 e. The average molecular weight is 244 g/mol. The van der Waals surface area contributed by atoms with E-state index in [0.29, 0.717) is 0 Å². The standard InChI is InChI=1S/C16H24N2/c1-2-4-12-18(13-5-3-1)15-10-6-8-14-9-7-11-17-16(14)15/h6,8,10,17H,1-5,7,9,11-13H2. The van der Waals surface area contributed by atoms with Gasteiger partial charge in [0.05, 0.1) is 11.4 Å². The molecule has 98 valence electrons. The third-order valence-electron chi connectivity index (χ3n) is 4.25. The molecule has 0 aromatic heterocycles. The van der Waals surface area contributed by atoms with Crippen molar-refractivity contribution >= 4 is 11.4 Å². The third kappa shape index (κ3) is 2.47. The first kappa shape index (κ1) is 11.9. The van der Waals surface area contributed by atoms with Crippen molar-refractivity contribution in [2.24, 2.45) is 0 Å². The van der Waals surface area contributed by atoms with Crippen LogP contribution in [0, 0.1) is 0 Å². The Morgan fingerprint density at radius 2 is 1.67 bits per heavy atom. The minimum atomic E-state index is 1.14. The zero-order valence-corrected chi connectivity index (χ0v) is 11.3. The van der Waals surface area contributed by atoms with Gasteiger partial charge in [0.15, 0.2) is 0 Å². The predicted molar refractivity (Wildman–Crippen MR) is 78.6 cm³/mol. The molecule has 0 saturated carbocycles. The number of nitrogens with one attached hydrogen (secondary N) is 1. The Labute approximate surface area is 110 Å². The van der Waals surface area contributed by atoms with E-state index in [2.05, 4.69) is 28.4 Å². The maximum absolute atomic E-state index is 3.62. The summed E-state index contributed by atoms with van der Waals surface area (Å²) in [6.07, 6.45) is 9.45. The monoisotopic (exact) mass is 244 g/mol. The van der Waals surface area contributed by atoms with E-state index in [1.165, 1.54) is 75.0 Å². The summed E-state index contributed by atoms with van der Waals surface area (Å²) >= 11 is 0. The van der Waals surface area contributed by atoms with Crippen molar-refractivity contribution in [3.05, 3.63) is 23.8 Å². The fourth-order valence-electron chi connectivity index (χ4n) is 3.24. The van der Waals surface area contributed by atoms with Crippen LogP contribution < -0.4 is 10.2 Å². The number of nitrogens with zero attached hydrogens (tertiary/aromatic N) is 1. The minimum absolute atomic E-state index is 1.14. The van der Waals surface area contributed by atoms with Gasteiger partial charge in [-0.05, 0) is 37.3 Å². The van der Waals surface area contributed by atoms with Gasteiger partial charge in [-0.1, -0.05) is 31.4 Å². The van der Waals surface area contributed by atoms with Gasteiger partial charge in [-0.25, -0.2) is 0 Å². The van der Waals surface area contributed by atoms with Gasteiger partial charge in [0.1, 0.15) is 0 Å². The van der Waals surface area contributed by atoms with E-state index >= 15 is 0 Å². The summed E-state index contributed by atoms with van der Waals surface area (Å²) in [5, 5.41) is 3.62. The number of anilines is 2. The highest BCUT2D eigenvalue weighted by atomic mass is 15.1. The van der Waals surface area contributed by atoms with Gasteiger partial charge < -0.3 is 10.2 Å². The molecule has 1 fully saturated rings. The van der Waals surface area contributed by atoms with Crippen LogP contribution in [0.15, 0.2) is 18.2 Å². The lowest BCUT2D eigenvalue weighted by Crippen LogP contribution is -2.28. The van der Waals surface area contributed by atoms with Crippen LogP contribution in [0.3, 0.4) is 0 Å².